The van der Waals surface area contributed by atoms with E-state index in [4.69, 9.17) is 18.9 Å². The predicted molar refractivity (Wildman–Crippen MR) is 85.8 cm³/mol. The number of rotatable bonds is 6. The molecule has 0 aliphatic carbocycles. The van der Waals surface area contributed by atoms with Gasteiger partial charge in [0.25, 0.3) is 0 Å². The van der Waals surface area contributed by atoms with E-state index in [1.54, 1.807) is 40.7 Å². The first kappa shape index (κ1) is 15.7. The quantitative estimate of drug-likeness (QED) is 0.819. The van der Waals surface area contributed by atoms with Gasteiger partial charge in [-0.25, -0.2) is 0 Å². The predicted octanol–water partition coefficient (Wildman–Crippen LogP) is 3.29. The van der Waals surface area contributed by atoms with Crippen LogP contribution in [0.25, 0.3) is 12.2 Å². The SMILES string of the molecule is COc1ccc(/C=C/c2nccc(OC)c2OC)c(OC)c1. The van der Waals surface area contributed by atoms with Gasteiger partial charge < -0.3 is 18.9 Å². The van der Waals surface area contributed by atoms with Crippen LogP contribution in [-0.4, -0.2) is 33.4 Å². The Bertz CT molecular complexity index is 668. The summed E-state index contributed by atoms with van der Waals surface area (Å²) < 4.78 is 21.2. The third-order valence-corrected chi connectivity index (χ3v) is 3.18. The second-order valence-corrected chi connectivity index (χ2v) is 4.37. The van der Waals surface area contributed by atoms with Crippen molar-refractivity contribution in [2.75, 3.05) is 28.4 Å². The summed E-state index contributed by atoms with van der Waals surface area (Å²) in [5, 5.41) is 0. The van der Waals surface area contributed by atoms with E-state index in [2.05, 4.69) is 4.98 Å². The first-order chi connectivity index (χ1) is 10.7. The molecule has 0 fully saturated rings. The van der Waals surface area contributed by atoms with Gasteiger partial charge in [-0.15, -0.1) is 0 Å². The van der Waals surface area contributed by atoms with Crippen LogP contribution in [0.4, 0.5) is 0 Å². The zero-order valence-corrected chi connectivity index (χ0v) is 13.1. The molecule has 0 spiro atoms. The summed E-state index contributed by atoms with van der Waals surface area (Å²) in [6.07, 6.45) is 5.43. The zero-order valence-electron chi connectivity index (χ0n) is 13.1. The minimum atomic E-state index is 0.591. The zero-order chi connectivity index (χ0) is 15.9. The van der Waals surface area contributed by atoms with Crippen molar-refractivity contribution in [2.24, 2.45) is 0 Å². The highest BCUT2D eigenvalue weighted by molar-refractivity contribution is 5.75. The maximum absolute atomic E-state index is 5.37. The fourth-order valence-electron chi connectivity index (χ4n) is 2.06. The van der Waals surface area contributed by atoms with Crippen LogP contribution < -0.4 is 18.9 Å². The fraction of sp³-hybridized carbons (Fsp3) is 0.235. The number of hydrogen-bond acceptors (Lipinski definition) is 5. The van der Waals surface area contributed by atoms with Crippen LogP contribution in [0, 0.1) is 0 Å². The number of pyridine rings is 1. The molecule has 1 heterocycles. The molecule has 1 aromatic carbocycles. The van der Waals surface area contributed by atoms with E-state index in [-0.39, 0.29) is 0 Å². The van der Waals surface area contributed by atoms with E-state index in [9.17, 15) is 0 Å². The second kappa shape index (κ2) is 7.36. The van der Waals surface area contributed by atoms with Crippen molar-refractivity contribution in [1.29, 1.82) is 0 Å². The van der Waals surface area contributed by atoms with Crippen LogP contribution >= 0.6 is 0 Å². The van der Waals surface area contributed by atoms with Gasteiger partial charge in [-0.05, 0) is 24.3 Å². The lowest BCUT2D eigenvalue weighted by atomic mass is 10.1. The highest BCUT2D eigenvalue weighted by Gasteiger charge is 2.09. The minimum Gasteiger partial charge on any atom is -0.497 e. The Kier molecular flexibility index (Phi) is 5.25. The molecule has 0 N–H and O–H groups in total. The molecule has 2 rings (SSSR count). The van der Waals surface area contributed by atoms with Crippen LogP contribution in [0.1, 0.15) is 11.3 Å². The summed E-state index contributed by atoms with van der Waals surface area (Å²) in [5.74, 6) is 2.69. The van der Waals surface area contributed by atoms with Crippen molar-refractivity contribution in [3.8, 4) is 23.0 Å². The van der Waals surface area contributed by atoms with Crippen molar-refractivity contribution >= 4 is 12.2 Å². The third kappa shape index (κ3) is 3.31. The lowest BCUT2D eigenvalue weighted by Gasteiger charge is -2.10. The van der Waals surface area contributed by atoms with Gasteiger partial charge in [0, 0.05) is 23.9 Å². The monoisotopic (exact) mass is 301 g/mol. The molecule has 0 bridgehead atoms. The summed E-state index contributed by atoms with van der Waals surface area (Å²) in [6, 6.07) is 7.37. The van der Waals surface area contributed by atoms with Crippen LogP contribution in [0.5, 0.6) is 23.0 Å². The number of hydrogen-bond donors (Lipinski definition) is 0. The van der Waals surface area contributed by atoms with E-state index >= 15 is 0 Å². The molecule has 5 heteroatoms. The average molecular weight is 301 g/mol. The van der Waals surface area contributed by atoms with Crippen molar-refractivity contribution < 1.29 is 18.9 Å². The van der Waals surface area contributed by atoms with Crippen molar-refractivity contribution in [3.63, 3.8) is 0 Å². The van der Waals surface area contributed by atoms with Crippen LogP contribution in [0.3, 0.4) is 0 Å². The van der Waals surface area contributed by atoms with Crippen LogP contribution in [0.15, 0.2) is 30.5 Å². The van der Waals surface area contributed by atoms with Crippen molar-refractivity contribution in [2.45, 2.75) is 0 Å². The smallest absolute Gasteiger partial charge is 0.186 e. The molecule has 0 saturated heterocycles. The molecule has 0 saturated carbocycles. The standard InChI is InChI=1S/C17H19NO4/c1-19-13-7-5-12(16(11-13)21-3)6-8-14-17(22-4)15(20-2)9-10-18-14/h5-11H,1-4H3/b8-6+. The highest BCUT2D eigenvalue weighted by atomic mass is 16.5. The molecule has 1 aromatic heterocycles. The van der Waals surface area contributed by atoms with E-state index in [0.29, 0.717) is 17.2 Å². The number of methoxy groups -OCH3 is 4. The Morgan fingerprint density at radius 2 is 1.59 bits per heavy atom. The Balaban J connectivity index is 2.37. The summed E-state index contributed by atoms with van der Waals surface area (Å²) in [4.78, 5) is 4.31. The van der Waals surface area contributed by atoms with Gasteiger partial charge in [-0.3, -0.25) is 4.98 Å². The van der Waals surface area contributed by atoms with E-state index < -0.39 is 0 Å². The minimum absolute atomic E-state index is 0.591. The topological polar surface area (TPSA) is 49.8 Å². The molecule has 0 radical (unpaired) electrons. The van der Waals surface area contributed by atoms with Gasteiger partial charge >= 0.3 is 0 Å². The van der Waals surface area contributed by atoms with Gasteiger partial charge in [0.15, 0.2) is 11.5 Å². The molecule has 2 aromatic rings. The maximum Gasteiger partial charge on any atom is 0.186 e. The Morgan fingerprint density at radius 1 is 0.818 bits per heavy atom. The maximum atomic E-state index is 5.37. The summed E-state index contributed by atoms with van der Waals surface area (Å²) in [6.45, 7) is 0. The van der Waals surface area contributed by atoms with Crippen LogP contribution in [0.2, 0.25) is 0 Å². The molecular weight excluding hydrogens is 282 g/mol. The molecule has 116 valence electrons. The molecule has 0 atom stereocenters. The first-order valence-corrected chi connectivity index (χ1v) is 6.70. The first-order valence-electron chi connectivity index (χ1n) is 6.70. The number of nitrogens with zero attached hydrogens (tertiary/aromatic N) is 1. The molecule has 22 heavy (non-hydrogen) atoms. The fourth-order valence-corrected chi connectivity index (χ4v) is 2.06. The number of benzene rings is 1. The lowest BCUT2D eigenvalue weighted by Crippen LogP contribution is -1.95. The normalized spacial score (nSPS) is 10.5. The van der Waals surface area contributed by atoms with E-state index in [1.165, 1.54) is 0 Å². The molecule has 0 aliphatic rings. The highest BCUT2D eigenvalue weighted by Crippen LogP contribution is 2.31. The largest absolute Gasteiger partial charge is 0.497 e. The van der Waals surface area contributed by atoms with Gasteiger partial charge in [-0.1, -0.05) is 0 Å². The van der Waals surface area contributed by atoms with Gasteiger partial charge in [0.2, 0.25) is 0 Å². The molecule has 5 nitrogen and oxygen atoms in total. The number of ether oxygens (including phenoxy) is 4. The third-order valence-electron chi connectivity index (χ3n) is 3.18. The summed E-state index contributed by atoms with van der Waals surface area (Å²) >= 11 is 0. The molecule has 0 unspecified atom stereocenters. The molecule has 0 amide bonds. The Hall–Kier alpha value is -2.69. The lowest BCUT2D eigenvalue weighted by molar-refractivity contribution is 0.352. The molecular formula is C17H19NO4. The van der Waals surface area contributed by atoms with Crippen molar-refractivity contribution in [3.05, 3.63) is 41.7 Å². The van der Waals surface area contributed by atoms with Crippen LogP contribution in [-0.2, 0) is 0 Å². The van der Waals surface area contributed by atoms with Crippen molar-refractivity contribution in [1.82, 2.24) is 4.98 Å². The van der Waals surface area contributed by atoms with Gasteiger partial charge in [0.1, 0.15) is 17.2 Å². The summed E-state index contributed by atoms with van der Waals surface area (Å²) in [5.41, 5.74) is 1.59. The average Bonchev–Trinajstić information content (AvgIpc) is 2.59. The Morgan fingerprint density at radius 3 is 2.23 bits per heavy atom. The summed E-state index contributed by atoms with van der Waals surface area (Å²) in [7, 11) is 6.43. The second-order valence-electron chi connectivity index (χ2n) is 4.37. The van der Waals surface area contributed by atoms with E-state index in [0.717, 1.165) is 17.1 Å². The van der Waals surface area contributed by atoms with E-state index in [1.807, 2.05) is 30.4 Å². The van der Waals surface area contributed by atoms with Gasteiger partial charge in [-0.2, -0.15) is 0 Å². The Labute approximate surface area is 130 Å². The number of aromatic nitrogens is 1. The van der Waals surface area contributed by atoms with Gasteiger partial charge in [0.05, 0.1) is 28.4 Å². The molecule has 0 aliphatic heterocycles.